The molecule has 0 bridgehead atoms. The van der Waals surface area contributed by atoms with Crippen LogP contribution in [0.5, 0.6) is 0 Å². The molecule has 0 N–H and O–H groups in total. The highest BCUT2D eigenvalue weighted by molar-refractivity contribution is 5.81. The lowest BCUT2D eigenvalue weighted by atomic mass is 9.92. The number of pyridine rings is 1. The Bertz CT molecular complexity index is 998. The molecule has 8 nitrogen and oxygen atoms in total. The zero-order valence-corrected chi connectivity index (χ0v) is 15.0. The van der Waals surface area contributed by atoms with Crippen LogP contribution in [0.15, 0.2) is 23.2 Å². The Kier molecular flexibility index (Phi) is 4.52. The van der Waals surface area contributed by atoms with Crippen LogP contribution in [0, 0.1) is 6.92 Å². The van der Waals surface area contributed by atoms with Gasteiger partial charge in [0.1, 0.15) is 19.2 Å². The molecule has 28 heavy (non-hydrogen) atoms. The summed E-state index contributed by atoms with van der Waals surface area (Å²) < 4.78 is 47.1. The fourth-order valence-corrected chi connectivity index (χ4v) is 3.54. The van der Waals surface area contributed by atoms with Crippen molar-refractivity contribution in [2.75, 3.05) is 13.1 Å². The molecule has 1 aliphatic heterocycles. The summed E-state index contributed by atoms with van der Waals surface area (Å²) in [7, 11) is 0. The van der Waals surface area contributed by atoms with Crippen molar-refractivity contribution in [1.29, 1.82) is 0 Å². The topological polar surface area (TPSA) is 89.9 Å². The van der Waals surface area contributed by atoms with Gasteiger partial charge in [-0.1, -0.05) is 5.16 Å². The highest BCUT2D eigenvalue weighted by Crippen LogP contribution is 2.38. The van der Waals surface area contributed by atoms with Gasteiger partial charge in [0.15, 0.2) is 0 Å². The molecule has 0 aromatic carbocycles. The van der Waals surface area contributed by atoms with Crippen LogP contribution in [0.2, 0.25) is 0 Å². The van der Waals surface area contributed by atoms with Crippen LogP contribution >= 0.6 is 0 Å². The Hall–Kier alpha value is -2.98. The lowest BCUT2D eigenvalue weighted by Crippen LogP contribution is -2.41. The van der Waals surface area contributed by atoms with E-state index in [1.807, 2.05) is 0 Å². The van der Waals surface area contributed by atoms with E-state index in [0.29, 0.717) is 19.4 Å². The Labute approximate surface area is 157 Å². The van der Waals surface area contributed by atoms with E-state index in [1.54, 1.807) is 4.90 Å². The number of piperidine rings is 1. The van der Waals surface area contributed by atoms with Crippen LogP contribution in [-0.4, -0.2) is 48.8 Å². The third-order valence-electron chi connectivity index (χ3n) is 4.90. The van der Waals surface area contributed by atoms with Gasteiger partial charge in [0.25, 0.3) is 5.71 Å². The largest absolute Gasteiger partial charge is 0.417 e. The van der Waals surface area contributed by atoms with E-state index in [2.05, 4.69) is 20.2 Å². The van der Waals surface area contributed by atoms with Crippen LogP contribution in [0.25, 0.3) is 11.1 Å². The average Bonchev–Trinajstić information content (AvgIpc) is 3.30. The number of carbonyl (C=O) groups excluding carboxylic acids is 1. The molecular weight excluding hydrogens is 377 g/mol. The second kappa shape index (κ2) is 6.88. The molecule has 1 saturated heterocycles. The molecule has 0 aliphatic carbocycles. The number of carbonyl (C=O) groups is 1. The molecular formula is C17H17F3N6O2. The van der Waals surface area contributed by atoms with Crippen molar-refractivity contribution in [2.45, 2.75) is 38.4 Å². The molecule has 4 heterocycles. The summed E-state index contributed by atoms with van der Waals surface area (Å²) in [6.07, 6.45) is -0.468. The van der Waals surface area contributed by atoms with E-state index in [0.717, 1.165) is 6.07 Å². The second-order valence-corrected chi connectivity index (χ2v) is 6.81. The summed E-state index contributed by atoms with van der Waals surface area (Å²) in [5, 5.41) is 7.41. The molecule has 1 amide bonds. The minimum absolute atomic E-state index is 0.0360. The molecule has 148 valence electrons. The van der Waals surface area contributed by atoms with Gasteiger partial charge in [-0.15, -0.1) is 0 Å². The first-order valence-electron chi connectivity index (χ1n) is 8.77. The third-order valence-corrected chi connectivity index (χ3v) is 4.90. The SMILES string of the molecule is Cc1noc2nc(C3CCCN(C(=O)Cn4cncn4)C3)cc(C(F)(F)F)c12. The monoisotopic (exact) mass is 394 g/mol. The van der Waals surface area contributed by atoms with Crippen molar-refractivity contribution in [3.63, 3.8) is 0 Å². The Morgan fingerprint density at radius 2 is 2.21 bits per heavy atom. The van der Waals surface area contributed by atoms with E-state index in [9.17, 15) is 18.0 Å². The number of likely N-dealkylation sites (tertiary alicyclic amines) is 1. The van der Waals surface area contributed by atoms with Crippen molar-refractivity contribution in [2.24, 2.45) is 0 Å². The first kappa shape index (κ1) is 18.4. The number of rotatable bonds is 3. The van der Waals surface area contributed by atoms with Crippen LogP contribution in [-0.2, 0) is 17.5 Å². The molecule has 1 atom stereocenters. The number of hydrogen-bond donors (Lipinski definition) is 0. The molecule has 0 spiro atoms. The zero-order valence-electron chi connectivity index (χ0n) is 15.0. The number of hydrogen-bond acceptors (Lipinski definition) is 6. The van der Waals surface area contributed by atoms with Gasteiger partial charge in [0, 0.05) is 19.0 Å². The number of alkyl halides is 3. The average molecular weight is 394 g/mol. The maximum Gasteiger partial charge on any atom is 0.417 e. The molecule has 1 fully saturated rings. The van der Waals surface area contributed by atoms with Gasteiger partial charge < -0.3 is 9.42 Å². The lowest BCUT2D eigenvalue weighted by Gasteiger charge is -2.32. The number of amides is 1. The summed E-state index contributed by atoms with van der Waals surface area (Å²) >= 11 is 0. The van der Waals surface area contributed by atoms with Gasteiger partial charge in [-0.3, -0.25) is 4.79 Å². The first-order chi connectivity index (χ1) is 13.3. The predicted molar refractivity (Wildman–Crippen MR) is 90.1 cm³/mol. The number of aryl methyl sites for hydroxylation is 1. The summed E-state index contributed by atoms with van der Waals surface area (Å²) in [5.41, 5.74) is -0.533. The van der Waals surface area contributed by atoms with E-state index in [1.165, 1.54) is 24.3 Å². The number of aromatic nitrogens is 5. The van der Waals surface area contributed by atoms with Crippen LogP contribution in [0.1, 0.15) is 35.7 Å². The lowest BCUT2D eigenvalue weighted by molar-refractivity contribution is -0.136. The Morgan fingerprint density at radius 3 is 2.93 bits per heavy atom. The third kappa shape index (κ3) is 3.43. The van der Waals surface area contributed by atoms with Gasteiger partial charge >= 0.3 is 6.18 Å². The second-order valence-electron chi connectivity index (χ2n) is 6.81. The maximum atomic E-state index is 13.6. The van der Waals surface area contributed by atoms with Crippen LogP contribution in [0.3, 0.4) is 0 Å². The molecule has 3 aromatic rings. The van der Waals surface area contributed by atoms with Gasteiger partial charge in [-0.2, -0.15) is 18.3 Å². The van der Waals surface area contributed by atoms with Gasteiger partial charge in [-0.05, 0) is 25.8 Å². The molecule has 4 rings (SSSR count). The Balaban J connectivity index is 1.61. The molecule has 1 unspecified atom stereocenters. The number of nitrogens with zero attached hydrogens (tertiary/aromatic N) is 6. The molecule has 11 heteroatoms. The predicted octanol–water partition coefficient (Wildman–Crippen LogP) is 2.55. The van der Waals surface area contributed by atoms with Crippen molar-refractivity contribution >= 4 is 17.0 Å². The number of fused-ring (bicyclic) bond motifs is 1. The van der Waals surface area contributed by atoms with E-state index in [-0.39, 0.29) is 47.4 Å². The molecule has 1 aliphatic rings. The molecule has 0 saturated carbocycles. The molecule has 0 radical (unpaired) electrons. The highest BCUT2D eigenvalue weighted by atomic mass is 19.4. The fraction of sp³-hybridized carbons (Fsp3) is 0.471. The summed E-state index contributed by atoms with van der Waals surface area (Å²) in [6, 6.07) is 1.06. The Morgan fingerprint density at radius 1 is 1.39 bits per heavy atom. The normalized spacial score (nSPS) is 18.0. The summed E-state index contributed by atoms with van der Waals surface area (Å²) in [5.74, 6) is -0.479. The van der Waals surface area contributed by atoms with Crippen LogP contribution in [0.4, 0.5) is 13.2 Å². The smallest absolute Gasteiger partial charge is 0.340 e. The summed E-state index contributed by atoms with van der Waals surface area (Å²) in [4.78, 5) is 22.2. The zero-order chi connectivity index (χ0) is 19.9. The van der Waals surface area contributed by atoms with Crippen LogP contribution < -0.4 is 0 Å². The highest BCUT2D eigenvalue weighted by Gasteiger charge is 2.37. The minimum atomic E-state index is -4.55. The quantitative estimate of drug-likeness (QED) is 0.678. The van der Waals surface area contributed by atoms with Gasteiger partial charge in [-0.25, -0.2) is 14.6 Å². The van der Waals surface area contributed by atoms with Crippen molar-refractivity contribution in [3.05, 3.63) is 35.7 Å². The van der Waals surface area contributed by atoms with Crippen molar-refractivity contribution < 1.29 is 22.5 Å². The summed E-state index contributed by atoms with van der Waals surface area (Å²) in [6.45, 7) is 2.32. The van der Waals surface area contributed by atoms with E-state index < -0.39 is 11.7 Å². The van der Waals surface area contributed by atoms with Crippen molar-refractivity contribution in [1.82, 2.24) is 29.8 Å². The fourth-order valence-electron chi connectivity index (χ4n) is 3.54. The molecule has 3 aromatic heterocycles. The van der Waals surface area contributed by atoms with Gasteiger partial charge in [0.2, 0.25) is 5.91 Å². The van der Waals surface area contributed by atoms with Crippen molar-refractivity contribution in [3.8, 4) is 0 Å². The maximum absolute atomic E-state index is 13.6. The first-order valence-corrected chi connectivity index (χ1v) is 8.77. The van der Waals surface area contributed by atoms with E-state index in [4.69, 9.17) is 4.52 Å². The standard InChI is InChI=1S/C17H17F3N6O2/c1-10-15-12(17(18,19)20)5-13(23-16(15)28-24-10)11-3-2-4-25(6-11)14(27)7-26-9-21-8-22-26/h5,8-9,11H,2-4,6-7H2,1H3. The number of halogens is 3. The van der Waals surface area contributed by atoms with Gasteiger partial charge in [0.05, 0.1) is 22.3 Å². The van der Waals surface area contributed by atoms with E-state index >= 15 is 0 Å². The minimum Gasteiger partial charge on any atom is -0.340 e.